The number of nitrogens with one attached hydrogen (secondary N) is 1. The fourth-order valence-electron chi connectivity index (χ4n) is 1.96. The molecule has 1 saturated heterocycles. The van der Waals surface area contributed by atoms with Gasteiger partial charge in [0.2, 0.25) is 0 Å². The monoisotopic (exact) mass is 256 g/mol. The molecule has 1 fully saturated rings. The van der Waals surface area contributed by atoms with Crippen molar-refractivity contribution in [3.05, 3.63) is 16.1 Å². The molecule has 1 aliphatic heterocycles. The fraction of sp³-hybridized carbons (Fsp3) is 0.750. The highest BCUT2D eigenvalue weighted by Crippen LogP contribution is 2.28. The summed E-state index contributed by atoms with van der Waals surface area (Å²) < 4.78 is 0. The zero-order valence-corrected chi connectivity index (χ0v) is 11.7. The van der Waals surface area contributed by atoms with E-state index in [1.54, 1.807) is 0 Å². The lowest BCUT2D eigenvalue weighted by atomic mass is 9.99. The van der Waals surface area contributed by atoms with E-state index in [-0.39, 0.29) is 0 Å². The van der Waals surface area contributed by atoms with E-state index in [0.717, 1.165) is 5.92 Å². The molecule has 2 heterocycles. The lowest BCUT2D eigenvalue weighted by molar-refractivity contribution is 0.487. The summed E-state index contributed by atoms with van der Waals surface area (Å²) in [7, 11) is 2.00. The SMILES string of the molecule is CNC(C)c1cnc(CC2CCSCC2)s1. The molecule has 0 bridgehead atoms. The minimum Gasteiger partial charge on any atom is -0.312 e. The predicted molar refractivity (Wildman–Crippen MR) is 73.3 cm³/mol. The molecule has 0 spiro atoms. The molecule has 0 aromatic carbocycles. The summed E-state index contributed by atoms with van der Waals surface area (Å²) in [6, 6.07) is 0.438. The molecule has 0 radical (unpaired) electrons. The van der Waals surface area contributed by atoms with Gasteiger partial charge in [0, 0.05) is 23.5 Å². The molecular formula is C12H20N2S2. The van der Waals surface area contributed by atoms with Crippen LogP contribution in [-0.4, -0.2) is 23.5 Å². The number of thiazole rings is 1. The van der Waals surface area contributed by atoms with Gasteiger partial charge in [-0.2, -0.15) is 11.8 Å². The van der Waals surface area contributed by atoms with Gasteiger partial charge in [-0.1, -0.05) is 0 Å². The average molecular weight is 256 g/mol. The molecule has 1 N–H and O–H groups in total. The van der Waals surface area contributed by atoms with E-state index in [2.05, 4.69) is 29.0 Å². The summed E-state index contributed by atoms with van der Waals surface area (Å²) in [5.74, 6) is 3.57. The Morgan fingerprint density at radius 3 is 2.94 bits per heavy atom. The molecule has 1 atom stereocenters. The van der Waals surface area contributed by atoms with E-state index in [1.165, 1.54) is 40.7 Å². The minimum atomic E-state index is 0.438. The van der Waals surface area contributed by atoms with Crippen LogP contribution < -0.4 is 5.32 Å². The van der Waals surface area contributed by atoms with Crippen molar-refractivity contribution in [3.63, 3.8) is 0 Å². The molecular weight excluding hydrogens is 236 g/mol. The van der Waals surface area contributed by atoms with Crippen LogP contribution in [-0.2, 0) is 6.42 Å². The molecule has 0 saturated carbocycles. The Bertz CT molecular complexity index is 319. The van der Waals surface area contributed by atoms with E-state index in [4.69, 9.17) is 0 Å². The first-order valence-electron chi connectivity index (χ1n) is 5.99. The normalized spacial score (nSPS) is 19.9. The van der Waals surface area contributed by atoms with Gasteiger partial charge in [-0.3, -0.25) is 0 Å². The van der Waals surface area contributed by atoms with Crippen LogP contribution in [0.3, 0.4) is 0 Å². The first kappa shape index (κ1) is 12.4. The predicted octanol–water partition coefficient (Wildman–Crippen LogP) is 3.11. The molecule has 90 valence electrons. The Balaban J connectivity index is 1.91. The van der Waals surface area contributed by atoms with E-state index < -0.39 is 0 Å². The van der Waals surface area contributed by atoms with Gasteiger partial charge in [-0.15, -0.1) is 11.3 Å². The number of rotatable bonds is 4. The van der Waals surface area contributed by atoms with Gasteiger partial charge in [0.15, 0.2) is 0 Å². The van der Waals surface area contributed by atoms with Crippen LogP contribution in [0, 0.1) is 5.92 Å². The molecule has 4 heteroatoms. The lowest BCUT2D eigenvalue weighted by Crippen LogP contribution is -2.12. The highest BCUT2D eigenvalue weighted by molar-refractivity contribution is 7.99. The molecule has 0 amide bonds. The van der Waals surface area contributed by atoms with Gasteiger partial charge < -0.3 is 5.32 Å². The number of nitrogens with zero attached hydrogens (tertiary/aromatic N) is 1. The van der Waals surface area contributed by atoms with Gasteiger partial charge >= 0.3 is 0 Å². The van der Waals surface area contributed by atoms with Crippen molar-refractivity contribution >= 4 is 23.1 Å². The van der Waals surface area contributed by atoms with E-state index in [0.29, 0.717) is 6.04 Å². The molecule has 2 rings (SSSR count). The quantitative estimate of drug-likeness (QED) is 0.896. The van der Waals surface area contributed by atoms with Crippen molar-refractivity contribution in [1.82, 2.24) is 10.3 Å². The average Bonchev–Trinajstić information content (AvgIpc) is 2.78. The molecule has 1 aliphatic rings. The van der Waals surface area contributed by atoms with Crippen LogP contribution in [0.15, 0.2) is 6.20 Å². The summed E-state index contributed by atoms with van der Waals surface area (Å²) in [5.41, 5.74) is 0. The smallest absolute Gasteiger partial charge is 0.0931 e. The minimum absolute atomic E-state index is 0.438. The second kappa shape index (κ2) is 6.03. The maximum Gasteiger partial charge on any atom is 0.0931 e. The number of hydrogen-bond acceptors (Lipinski definition) is 4. The first-order valence-corrected chi connectivity index (χ1v) is 7.96. The van der Waals surface area contributed by atoms with Crippen molar-refractivity contribution < 1.29 is 0 Å². The van der Waals surface area contributed by atoms with Crippen molar-refractivity contribution in [2.45, 2.75) is 32.2 Å². The largest absolute Gasteiger partial charge is 0.312 e. The van der Waals surface area contributed by atoms with Crippen molar-refractivity contribution in [2.24, 2.45) is 5.92 Å². The maximum absolute atomic E-state index is 4.55. The molecule has 1 aromatic heterocycles. The summed E-state index contributed by atoms with van der Waals surface area (Å²) in [6.07, 6.45) is 5.99. The van der Waals surface area contributed by atoms with Gasteiger partial charge in [0.25, 0.3) is 0 Å². The van der Waals surface area contributed by atoms with Gasteiger partial charge in [-0.05, 0) is 44.2 Å². The summed E-state index contributed by atoms with van der Waals surface area (Å²) >= 11 is 3.97. The Morgan fingerprint density at radius 1 is 1.50 bits per heavy atom. The van der Waals surface area contributed by atoms with Gasteiger partial charge in [0.05, 0.1) is 5.01 Å². The van der Waals surface area contributed by atoms with Crippen LogP contribution in [0.2, 0.25) is 0 Å². The number of thioether (sulfide) groups is 1. The van der Waals surface area contributed by atoms with Crippen molar-refractivity contribution in [2.75, 3.05) is 18.6 Å². The van der Waals surface area contributed by atoms with E-state index >= 15 is 0 Å². The summed E-state index contributed by atoms with van der Waals surface area (Å²) in [5, 5.41) is 4.59. The Labute approximate surface area is 106 Å². The molecule has 0 aliphatic carbocycles. The third kappa shape index (κ3) is 3.22. The number of aromatic nitrogens is 1. The van der Waals surface area contributed by atoms with Crippen LogP contribution in [0.4, 0.5) is 0 Å². The lowest BCUT2D eigenvalue weighted by Gasteiger charge is -2.19. The molecule has 1 unspecified atom stereocenters. The Hall–Kier alpha value is -0.0600. The first-order chi connectivity index (χ1) is 7.79. The summed E-state index contributed by atoms with van der Waals surface area (Å²) in [6.45, 7) is 2.19. The van der Waals surface area contributed by atoms with Crippen LogP contribution >= 0.6 is 23.1 Å². The van der Waals surface area contributed by atoms with Crippen LogP contribution in [0.25, 0.3) is 0 Å². The van der Waals surface area contributed by atoms with E-state index in [1.807, 2.05) is 24.6 Å². The second-order valence-electron chi connectivity index (χ2n) is 4.43. The van der Waals surface area contributed by atoms with Crippen molar-refractivity contribution in [1.29, 1.82) is 0 Å². The fourth-order valence-corrected chi connectivity index (χ4v) is 4.26. The second-order valence-corrected chi connectivity index (χ2v) is 6.80. The third-order valence-corrected chi connectivity index (χ3v) is 5.49. The maximum atomic E-state index is 4.55. The summed E-state index contributed by atoms with van der Waals surface area (Å²) in [4.78, 5) is 5.91. The van der Waals surface area contributed by atoms with Crippen LogP contribution in [0.1, 0.15) is 35.7 Å². The zero-order chi connectivity index (χ0) is 11.4. The number of hydrogen-bond donors (Lipinski definition) is 1. The Kier molecular flexibility index (Phi) is 4.67. The molecule has 16 heavy (non-hydrogen) atoms. The van der Waals surface area contributed by atoms with Gasteiger partial charge in [0.1, 0.15) is 0 Å². The zero-order valence-electron chi connectivity index (χ0n) is 10.0. The van der Waals surface area contributed by atoms with E-state index in [9.17, 15) is 0 Å². The highest BCUT2D eigenvalue weighted by Gasteiger charge is 2.16. The molecule has 2 nitrogen and oxygen atoms in total. The molecule has 1 aromatic rings. The van der Waals surface area contributed by atoms with Crippen LogP contribution in [0.5, 0.6) is 0 Å². The van der Waals surface area contributed by atoms with Gasteiger partial charge in [-0.25, -0.2) is 4.98 Å². The third-order valence-electron chi connectivity index (χ3n) is 3.24. The van der Waals surface area contributed by atoms with Crippen molar-refractivity contribution in [3.8, 4) is 0 Å². The Morgan fingerprint density at radius 2 is 2.25 bits per heavy atom. The highest BCUT2D eigenvalue weighted by atomic mass is 32.2. The topological polar surface area (TPSA) is 24.9 Å². The standard InChI is InChI=1S/C12H20N2S2/c1-9(13-2)11-8-14-12(16-11)7-10-3-5-15-6-4-10/h8-10,13H,3-7H2,1-2H3.